The molecule has 0 aliphatic rings. The number of halogens is 1. The van der Waals surface area contributed by atoms with Crippen LogP contribution in [0.25, 0.3) is 0 Å². The molecule has 0 bridgehead atoms. The van der Waals surface area contributed by atoms with E-state index >= 15 is 0 Å². The molecule has 0 heterocycles. The van der Waals surface area contributed by atoms with Crippen LogP contribution in [0.15, 0.2) is 29.3 Å². The molecule has 0 saturated carbocycles. The Hall–Kier alpha value is -1.35. The van der Waals surface area contributed by atoms with Gasteiger partial charge in [0.1, 0.15) is 6.21 Å². The van der Waals surface area contributed by atoms with E-state index in [-0.39, 0.29) is 6.04 Å². The van der Waals surface area contributed by atoms with Crippen LogP contribution in [0.4, 0.5) is 0 Å². The number of aliphatic imine (C=N–C) groups is 1. The minimum Gasteiger partial charge on any atom is -0.465 e. The van der Waals surface area contributed by atoms with Gasteiger partial charge in [-0.3, -0.25) is 4.99 Å². The van der Waals surface area contributed by atoms with Crippen molar-refractivity contribution >= 4 is 23.8 Å². The molecule has 1 rings (SSSR count). The molecule has 0 aliphatic heterocycles. The zero-order valence-corrected chi connectivity index (χ0v) is 9.36. The standard InChI is InChI=1S/C11H12ClNO2/c1-8(13-7-11(14)15-2)9-3-5-10(12)6-4-9/h3-8H,1-2H3. The SMILES string of the molecule is COC(=O)C=NC(C)c1ccc(Cl)cc1. The van der Waals surface area contributed by atoms with Gasteiger partial charge in [-0.1, -0.05) is 23.7 Å². The van der Waals surface area contributed by atoms with Gasteiger partial charge in [0.15, 0.2) is 0 Å². The highest BCUT2D eigenvalue weighted by atomic mass is 35.5. The van der Waals surface area contributed by atoms with Crippen molar-refractivity contribution < 1.29 is 9.53 Å². The molecule has 0 amide bonds. The van der Waals surface area contributed by atoms with Crippen LogP contribution in [0.3, 0.4) is 0 Å². The van der Waals surface area contributed by atoms with Crippen LogP contribution in [0.5, 0.6) is 0 Å². The summed E-state index contributed by atoms with van der Waals surface area (Å²) in [7, 11) is 1.32. The van der Waals surface area contributed by atoms with E-state index in [4.69, 9.17) is 11.6 Å². The van der Waals surface area contributed by atoms with Crippen molar-refractivity contribution in [1.82, 2.24) is 0 Å². The summed E-state index contributed by atoms with van der Waals surface area (Å²) in [5.74, 6) is -0.448. The Balaban J connectivity index is 2.68. The van der Waals surface area contributed by atoms with Gasteiger partial charge in [-0.2, -0.15) is 0 Å². The van der Waals surface area contributed by atoms with Gasteiger partial charge in [-0.05, 0) is 24.6 Å². The van der Waals surface area contributed by atoms with E-state index in [1.807, 2.05) is 19.1 Å². The molecular weight excluding hydrogens is 214 g/mol. The van der Waals surface area contributed by atoms with Crippen LogP contribution in [-0.2, 0) is 9.53 Å². The van der Waals surface area contributed by atoms with Crippen molar-refractivity contribution in [2.45, 2.75) is 13.0 Å². The number of benzene rings is 1. The van der Waals surface area contributed by atoms with Crippen LogP contribution in [0.2, 0.25) is 5.02 Å². The highest BCUT2D eigenvalue weighted by Gasteiger charge is 2.02. The van der Waals surface area contributed by atoms with Gasteiger partial charge in [0.05, 0.1) is 13.2 Å². The lowest BCUT2D eigenvalue weighted by Gasteiger charge is -2.05. The Morgan fingerprint density at radius 1 is 1.47 bits per heavy atom. The molecule has 4 heteroatoms. The van der Waals surface area contributed by atoms with Gasteiger partial charge in [-0.15, -0.1) is 0 Å². The Bertz CT molecular complexity index is 359. The first-order valence-corrected chi connectivity index (χ1v) is 4.88. The largest absolute Gasteiger partial charge is 0.465 e. The number of esters is 1. The molecule has 1 atom stereocenters. The number of carbonyl (C=O) groups is 1. The highest BCUT2D eigenvalue weighted by molar-refractivity contribution is 6.30. The summed E-state index contributed by atoms with van der Waals surface area (Å²) in [4.78, 5) is 14.9. The summed E-state index contributed by atoms with van der Waals surface area (Å²) in [6.07, 6.45) is 1.18. The molecule has 3 nitrogen and oxygen atoms in total. The van der Waals surface area contributed by atoms with Gasteiger partial charge in [0.2, 0.25) is 0 Å². The zero-order chi connectivity index (χ0) is 11.3. The normalized spacial score (nSPS) is 12.7. The molecule has 1 unspecified atom stereocenters. The van der Waals surface area contributed by atoms with E-state index in [9.17, 15) is 4.79 Å². The summed E-state index contributed by atoms with van der Waals surface area (Å²) in [6.45, 7) is 1.89. The third-order valence-corrected chi connectivity index (χ3v) is 2.21. The Kier molecular flexibility index (Phi) is 4.31. The second-order valence-corrected chi connectivity index (χ2v) is 3.47. The predicted octanol–water partition coefficient (Wildman–Crippen LogP) is 2.64. The third kappa shape index (κ3) is 3.72. The van der Waals surface area contributed by atoms with Crippen molar-refractivity contribution in [3.63, 3.8) is 0 Å². The smallest absolute Gasteiger partial charge is 0.348 e. The maximum atomic E-state index is 10.8. The van der Waals surface area contributed by atoms with Gasteiger partial charge in [-0.25, -0.2) is 4.79 Å². The number of methoxy groups -OCH3 is 1. The van der Waals surface area contributed by atoms with Crippen LogP contribution in [0.1, 0.15) is 18.5 Å². The van der Waals surface area contributed by atoms with Gasteiger partial charge in [0.25, 0.3) is 0 Å². The molecular formula is C11H12ClNO2. The fourth-order valence-electron chi connectivity index (χ4n) is 1.05. The van der Waals surface area contributed by atoms with Gasteiger partial charge >= 0.3 is 5.97 Å². The van der Waals surface area contributed by atoms with Crippen molar-refractivity contribution in [1.29, 1.82) is 0 Å². The molecule has 80 valence electrons. The van der Waals surface area contributed by atoms with Crippen LogP contribution in [0, 0.1) is 0 Å². The first-order valence-electron chi connectivity index (χ1n) is 4.50. The fourth-order valence-corrected chi connectivity index (χ4v) is 1.18. The average Bonchev–Trinajstić information content (AvgIpc) is 2.26. The van der Waals surface area contributed by atoms with Gasteiger partial charge in [0, 0.05) is 5.02 Å². The third-order valence-electron chi connectivity index (χ3n) is 1.96. The Morgan fingerprint density at radius 3 is 2.60 bits per heavy atom. The molecule has 15 heavy (non-hydrogen) atoms. The monoisotopic (exact) mass is 225 g/mol. The zero-order valence-electron chi connectivity index (χ0n) is 8.61. The summed E-state index contributed by atoms with van der Waals surface area (Å²) in [6, 6.07) is 7.26. The average molecular weight is 226 g/mol. The first-order chi connectivity index (χ1) is 7.13. The van der Waals surface area contributed by atoms with Crippen molar-refractivity contribution in [2.24, 2.45) is 4.99 Å². The van der Waals surface area contributed by atoms with Crippen LogP contribution < -0.4 is 0 Å². The second-order valence-electron chi connectivity index (χ2n) is 3.03. The molecule has 0 aromatic heterocycles. The predicted molar refractivity (Wildman–Crippen MR) is 60.4 cm³/mol. The summed E-state index contributed by atoms with van der Waals surface area (Å²) >= 11 is 5.75. The quantitative estimate of drug-likeness (QED) is 0.586. The van der Waals surface area contributed by atoms with Crippen LogP contribution >= 0.6 is 11.6 Å². The van der Waals surface area contributed by atoms with E-state index in [0.717, 1.165) is 5.56 Å². The molecule has 0 fully saturated rings. The minimum atomic E-state index is -0.448. The van der Waals surface area contributed by atoms with Crippen molar-refractivity contribution in [3.8, 4) is 0 Å². The van der Waals surface area contributed by atoms with E-state index in [2.05, 4.69) is 9.73 Å². The molecule has 0 saturated heterocycles. The Morgan fingerprint density at radius 2 is 2.07 bits per heavy atom. The maximum Gasteiger partial charge on any atom is 0.348 e. The molecule has 1 aromatic rings. The molecule has 0 aliphatic carbocycles. The number of hydrogen-bond acceptors (Lipinski definition) is 3. The second kappa shape index (κ2) is 5.51. The summed E-state index contributed by atoms with van der Waals surface area (Å²) < 4.78 is 4.45. The number of carbonyl (C=O) groups excluding carboxylic acids is 1. The summed E-state index contributed by atoms with van der Waals surface area (Å²) in [5.41, 5.74) is 1.000. The number of rotatable bonds is 3. The van der Waals surface area contributed by atoms with E-state index in [0.29, 0.717) is 5.02 Å². The summed E-state index contributed by atoms with van der Waals surface area (Å²) in [5, 5.41) is 0.683. The van der Waals surface area contributed by atoms with E-state index in [1.54, 1.807) is 12.1 Å². The highest BCUT2D eigenvalue weighted by Crippen LogP contribution is 2.18. The number of ether oxygens (including phenoxy) is 1. The molecule has 0 spiro atoms. The fraction of sp³-hybridized carbons (Fsp3) is 0.273. The van der Waals surface area contributed by atoms with Crippen molar-refractivity contribution in [3.05, 3.63) is 34.9 Å². The first kappa shape index (κ1) is 11.7. The molecule has 0 N–H and O–H groups in total. The lowest BCUT2D eigenvalue weighted by Crippen LogP contribution is -2.02. The molecule has 1 aromatic carbocycles. The minimum absolute atomic E-state index is 0.0821. The number of hydrogen-bond donors (Lipinski definition) is 0. The lowest BCUT2D eigenvalue weighted by molar-refractivity contribution is -0.132. The maximum absolute atomic E-state index is 10.8. The van der Waals surface area contributed by atoms with Gasteiger partial charge < -0.3 is 4.74 Å². The van der Waals surface area contributed by atoms with Crippen molar-refractivity contribution in [2.75, 3.05) is 7.11 Å². The topological polar surface area (TPSA) is 38.7 Å². The van der Waals surface area contributed by atoms with Crippen LogP contribution in [-0.4, -0.2) is 19.3 Å². The van der Waals surface area contributed by atoms with E-state index in [1.165, 1.54) is 13.3 Å². The van der Waals surface area contributed by atoms with E-state index < -0.39 is 5.97 Å². The molecule has 0 radical (unpaired) electrons. The number of nitrogens with zero attached hydrogens (tertiary/aromatic N) is 1. The lowest BCUT2D eigenvalue weighted by atomic mass is 10.1. The Labute approximate surface area is 93.7 Å².